The van der Waals surface area contributed by atoms with Crippen LogP contribution in [0.25, 0.3) is 0 Å². The van der Waals surface area contributed by atoms with Gasteiger partial charge in [0.15, 0.2) is 0 Å². The van der Waals surface area contributed by atoms with Crippen molar-refractivity contribution in [2.45, 2.75) is 50.6 Å². The van der Waals surface area contributed by atoms with Crippen LogP contribution in [0.5, 0.6) is 0 Å². The fourth-order valence-electron chi connectivity index (χ4n) is 5.94. The zero-order chi connectivity index (χ0) is 14.6. The van der Waals surface area contributed by atoms with Crippen molar-refractivity contribution in [1.29, 1.82) is 0 Å². The Kier molecular flexibility index (Phi) is 4.76. The number of imidazole rings is 1. The molecule has 0 aliphatic heterocycles. The van der Waals surface area contributed by atoms with E-state index >= 15 is 0 Å². The van der Waals surface area contributed by atoms with Crippen LogP contribution in [0.15, 0.2) is 49.1 Å². The molecule has 0 unspecified atom stereocenters. The van der Waals surface area contributed by atoms with Crippen LogP contribution in [0, 0.1) is 17.8 Å². The molecular weight excluding hydrogens is 320 g/mol. The molecule has 2 aromatic rings. The number of rotatable bonds is 3. The lowest BCUT2D eigenvalue weighted by Gasteiger charge is -2.54. The Morgan fingerprint density at radius 2 is 1.54 bits per heavy atom. The molecule has 2 N–H and O–H groups in total. The first-order chi connectivity index (χ1) is 10.8. The van der Waals surface area contributed by atoms with Crippen molar-refractivity contribution < 1.29 is 22.5 Å². The molecule has 24 heavy (non-hydrogen) atoms. The van der Waals surface area contributed by atoms with Gasteiger partial charge in [-0.2, -0.15) is 0 Å². The van der Waals surface area contributed by atoms with Gasteiger partial charge in [-0.15, -0.1) is 0 Å². The van der Waals surface area contributed by atoms with E-state index < -0.39 is 0 Å². The maximum atomic E-state index is 2.58. The Morgan fingerprint density at radius 3 is 2.12 bits per heavy atom. The summed E-state index contributed by atoms with van der Waals surface area (Å²) in [6, 6.07) is 10.8. The molecule has 4 heteroatoms. The van der Waals surface area contributed by atoms with E-state index in [-0.39, 0.29) is 17.9 Å². The molecule has 1 aromatic carbocycles. The van der Waals surface area contributed by atoms with Crippen LogP contribution in [0.2, 0.25) is 0 Å². The molecule has 0 spiro atoms. The van der Waals surface area contributed by atoms with Crippen LogP contribution in [0.1, 0.15) is 44.1 Å². The summed E-state index contributed by atoms with van der Waals surface area (Å²) in [6.07, 6.45) is 15.8. The van der Waals surface area contributed by atoms with E-state index in [4.69, 9.17) is 0 Å². The van der Waals surface area contributed by atoms with Gasteiger partial charge in [0.1, 0.15) is 24.5 Å². The topological polar surface area (TPSA) is 40.3 Å². The molecule has 4 bridgehead atoms. The highest BCUT2D eigenvalue weighted by molar-refractivity contribution is 5.13. The third-order valence-electron chi connectivity index (χ3n) is 6.45. The maximum Gasteiger partial charge on any atom is 0.244 e. The average molecular weight is 347 g/mol. The lowest BCUT2D eigenvalue weighted by molar-refractivity contribution is -0.688. The highest BCUT2D eigenvalue weighted by atomic mass is 35.5. The van der Waals surface area contributed by atoms with Gasteiger partial charge < -0.3 is 17.9 Å². The van der Waals surface area contributed by atoms with Gasteiger partial charge in [0, 0.05) is 0 Å². The smallest absolute Gasteiger partial charge is 0.244 e. The summed E-state index contributed by atoms with van der Waals surface area (Å²) in [5.74, 6) is 3.03. The lowest BCUT2D eigenvalue weighted by atomic mass is 9.53. The number of nitrogens with zero attached hydrogens (tertiary/aromatic N) is 2. The zero-order valence-corrected chi connectivity index (χ0v) is 14.8. The molecule has 4 fully saturated rings. The number of halogens is 1. The summed E-state index contributed by atoms with van der Waals surface area (Å²) < 4.78 is 4.94. The Morgan fingerprint density at radius 1 is 0.958 bits per heavy atom. The van der Waals surface area contributed by atoms with Crippen LogP contribution >= 0.6 is 0 Å². The van der Waals surface area contributed by atoms with Gasteiger partial charge in [-0.1, -0.05) is 30.3 Å². The third kappa shape index (κ3) is 2.89. The van der Waals surface area contributed by atoms with Gasteiger partial charge >= 0.3 is 0 Å². The molecule has 4 aliphatic carbocycles. The fraction of sp³-hybridized carbons (Fsp3) is 0.550. The Hall–Kier alpha value is -1.32. The van der Waals surface area contributed by atoms with Crippen molar-refractivity contribution in [3.63, 3.8) is 0 Å². The van der Waals surface area contributed by atoms with Crippen LogP contribution in [0.3, 0.4) is 0 Å². The predicted molar refractivity (Wildman–Crippen MR) is 89.9 cm³/mol. The van der Waals surface area contributed by atoms with Gasteiger partial charge in [-0.3, -0.25) is 0 Å². The van der Waals surface area contributed by atoms with Crippen molar-refractivity contribution in [1.82, 2.24) is 4.57 Å². The van der Waals surface area contributed by atoms with Crippen molar-refractivity contribution in [3.05, 3.63) is 54.6 Å². The van der Waals surface area contributed by atoms with Crippen LogP contribution in [-0.2, 0) is 12.1 Å². The largest absolute Gasteiger partial charge is 1.00 e. The van der Waals surface area contributed by atoms with E-state index in [9.17, 15) is 0 Å². The number of hydrogen-bond donors (Lipinski definition) is 0. The molecule has 6 rings (SSSR count). The van der Waals surface area contributed by atoms with Crippen molar-refractivity contribution in [2.24, 2.45) is 17.8 Å². The molecule has 4 aliphatic rings. The van der Waals surface area contributed by atoms with Gasteiger partial charge in [0.05, 0.1) is 0 Å². The van der Waals surface area contributed by atoms with Crippen molar-refractivity contribution in [2.75, 3.05) is 0 Å². The summed E-state index contributed by atoms with van der Waals surface area (Å²) in [7, 11) is 0. The predicted octanol–water partition coefficient (Wildman–Crippen LogP) is -0.0715. The second-order valence-corrected chi connectivity index (χ2v) is 8.12. The number of aromatic nitrogens is 2. The molecule has 0 radical (unpaired) electrons. The second kappa shape index (κ2) is 6.53. The first kappa shape index (κ1) is 17.5. The maximum absolute atomic E-state index is 2.58. The Balaban J connectivity index is 0.000000845. The SMILES string of the molecule is O.[Cl-].c1ccc(C[n+]2ccn(C34CC5CC(CC(C5)C3)C4)c2)cc1. The highest BCUT2D eigenvalue weighted by Gasteiger charge is 2.54. The van der Waals surface area contributed by atoms with E-state index in [0.29, 0.717) is 5.54 Å². The molecule has 3 nitrogen and oxygen atoms in total. The van der Waals surface area contributed by atoms with Crippen molar-refractivity contribution in [3.8, 4) is 0 Å². The number of benzene rings is 1. The molecule has 1 aromatic heterocycles. The van der Waals surface area contributed by atoms with Gasteiger partial charge in [-0.05, 0) is 61.8 Å². The molecule has 0 saturated heterocycles. The molecule has 1 heterocycles. The summed E-state index contributed by atoms with van der Waals surface area (Å²) in [6.45, 7) is 0.986. The lowest BCUT2D eigenvalue weighted by Crippen LogP contribution is -3.00. The Labute approximate surface area is 150 Å². The summed E-state index contributed by atoms with van der Waals surface area (Å²) in [4.78, 5) is 0. The van der Waals surface area contributed by atoms with Crippen LogP contribution < -0.4 is 17.0 Å². The van der Waals surface area contributed by atoms with Gasteiger partial charge in [0.2, 0.25) is 6.33 Å². The summed E-state index contributed by atoms with van der Waals surface area (Å²) in [5, 5.41) is 0. The van der Waals surface area contributed by atoms with Crippen LogP contribution in [0.4, 0.5) is 0 Å². The van der Waals surface area contributed by atoms with Crippen molar-refractivity contribution >= 4 is 0 Å². The Bertz CT molecular complexity index is 647. The average Bonchev–Trinajstić information content (AvgIpc) is 2.96. The van der Waals surface area contributed by atoms with Gasteiger partial charge in [0.25, 0.3) is 0 Å². The third-order valence-corrected chi connectivity index (χ3v) is 6.45. The van der Waals surface area contributed by atoms with E-state index in [0.717, 1.165) is 24.3 Å². The molecular formula is C20H27ClN2O. The van der Waals surface area contributed by atoms with Gasteiger partial charge in [-0.25, -0.2) is 9.13 Å². The fourth-order valence-corrected chi connectivity index (χ4v) is 5.94. The van der Waals surface area contributed by atoms with E-state index in [2.05, 4.69) is 58.2 Å². The second-order valence-electron chi connectivity index (χ2n) is 8.12. The molecule has 0 atom stereocenters. The monoisotopic (exact) mass is 346 g/mol. The van der Waals surface area contributed by atoms with E-state index in [1.54, 1.807) is 0 Å². The minimum Gasteiger partial charge on any atom is -1.00 e. The number of hydrogen-bond acceptors (Lipinski definition) is 0. The summed E-state index contributed by atoms with van der Waals surface area (Å²) in [5.41, 5.74) is 1.84. The highest BCUT2D eigenvalue weighted by Crippen LogP contribution is 2.58. The standard InChI is InChI=1S/C20H25N2.ClH.H2O/c1-2-4-16(5-3-1)14-21-6-7-22(15-21)20-11-17-8-18(12-20)10-19(9-17)13-20;;/h1-7,15,17-19H,8-14H2;1H;1H2/q+1;;/p-1. The van der Waals surface area contributed by atoms with E-state index in [1.807, 2.05) is 0 Å². The normalized spacial score (nSPS) is 32.9. The first-order valence-electron chi connectivity index (χ1n) is 8.91. The quantitative estimate of drug-likeness (QED) is 0.698. The minimum atomic E-state index is 0. The first-order valence-corrected chi connectivity index (χ1v) is 8.91. The van der Waals surface area contributed by atoms with Crippen LogP contribution in [-0.4, -0.2) is 10.0 Å². The molecule has 0 amide bonds. The van der Waals surface area contributed by atoms with E-state index in [1.165, 1.54) is 44.1 Å². The minimum absolute atomic E-state index is 0. The molecule has 4 saturated carbocycles. The zero-order valence-electron chi connectivity index (χ0n) is 14.1. The molecule has 130 valence electrons. The summed E-state index contributed by atoms with van der Waals surface area (Å²) >= 11 is 0.